The highest BCUT2D eigenvalue weighted by molar-refractivity contribution is 6.35. The number of aryl methyl sites for hydroxylation is 1. The van der Waals surface area contributed by atoms with Gasteiger partial charge in [0.25, 0.3) is 0 Å². The number of rotatable bonds is 6. The van der Waals surface area contributed by atoms with Gasteiger partial charge in [0.2, 0.25) is 0 Å². The molecule has 0 aromatic heterocycles. The molecule has 0 unspecified atom stereocenters. The summed E-state index contributed by atoms with van der Waals surface area (Å²) in [4.78, 5) is 0. The van der Waals surface area contributed by atoms with Crippen LogP contribution in [0.3, 0.4) is 0 Å². The molecule has 2 aromatic carbocycles. The molecule has 0 aliphatic rings. The van der Waals surface area contributed by atoms with Crippen molar-refractivity contribution in [3.8, 4) is 5.75 Å². The first-order chi connectivity index (χ1) is 9.70. The molecule has 0 saturated carbocycles. The molecule has 2 aromatic rings. The van der Waals surface area contributed by atoms with Gasteiger partial charge in [0.05, 0.1) is 0 Å². The van der Waals surface area contributed by atoms with Gasteiger partial charge in [0.1, 0.15) is 12.4 Å². The summed E-state index contributed by atoms with van der Waals surface area (Å²) in [5, 5.41) is 1.24. The normalized spacial score (nSPS) is 10.6. The van der Waals surface area contributed by atoms with E-state index < -0.39 is 0 Å². The van der Waals surface area contributed by atoms with Crippen molar-refractivity contribution >= 4 is 23.2 Å². The summed E-state index contributed by atoms with van der Waals surface area (Å²) in [6.07, 6.45) is 1.99. The Morgan fingerprint density at radius 2 is 1.60 bits per heavy atom. The summed E-state index contributed by atoms with van der Waals surface area (Å²) in [5.41, 5.74) is 7.57. The van der Waals surface area contributed by atoms with Crippen molar-refractivity contribution in [1.29, 1.82) is 0 Å². The fourth-order valence-electron chi connectivity index (χ4n) is 1.88. The Morgan fingerprint density at radius 3 is 2.20 bits per heavy atom. The van der Waals surface area contributed by atoms with E-state index in [9.17, 15) is 0 Å². The highest BCUT2D eigenvalue weighted by Gasteiger charge is 2.06. The molecule has 0 radical (unpaired) electrons. The lowest BCUT2D eigenvalue weighted by Gasteiger charge is -2.10. The average molecular weight is 310 g/mol. The van der Waals surface area contributed by atoms with E-state index in [1.165, 1.54) is 5.56 Å². The summed E-state index contributed by atoms with van der Waals surface area (Å²) in [6.45, 7) is 1.07. The monoisotopic (exact) mass is 309 g/mol. The molecular formula is C16H17Cl2NO. The van der Waals surface area contributed by atoms with E-state index in [0.29, 0.717) is 23.2 Å². The first-order valence-corrected chi connectivity index (χ1v) is 7.31. The Bertz CT molecular complexity index is 535. The lowest BCUT2D eigenvalue weighted by Crippen LogP contribution is -2.00. The van der Waals surface area contributed by atoms with Crippen LogP contribution in [0, 0.1) is 0 Å². The number of halogens is 2. The van der Waals surface area contributed by atoms with Gasteiger partial charge in [-0.15, -0.1) is 0 Å². The van der Waals surface area contributed by atoms with Crippen molar-refractivity contribution in [1.82, 2.24) is 0 Å². The Hall–Kier alpha value is -1.22. The molecule has 0 spiro atoms. The van der Waals surface area contributed by atoms with Gasteiger partial charge in [-0.3, -0.25) is 0 Å². The molecule has 0 saturated heterocycles. The molecule has 2 N–H and O–H groups in total. The molecule has 0 heterocycles. The summed E-state index contributed by atoms with van der Waals surface area (Å²) < 4.78 is 5.72. The van der Waals surface area contributed by atoms with Gasteiger partial charge in [-0.1, -0.05) is 41.4 Å². The maximum Gasteiger partial charge on any atom is 0.119 e. The summed E-state index contributed by atoms with van der Waals surface area (Å²) >= 11 is 12.2. The quantitative estimate of drug-likeness (QED) is 0.854. The molecule has 0 aliphatic carbocycles. The van der Waals surface area contributed by atoms with Gasteiger partial charge in [-0.05, 0) is 49.2 Å². The van der Waals surface area contributed by atoms with E-state index in [4.69, 9.17) is 33.7 Å². The zero-order chi connectivity index (χ0) is 14.4. The maximum atomic E-state index is 6.10. The molecule has 0 aliphatic heterocycles. The van der Waals surface area contributed by atoms with Crippen LogP contribution < -0.4 is 10.5 Å². The lowest BCUT2D eigenvalue weighted by molar-refractivity contribution is 0.306. The van der Waals surface area contributed by atoms with Gasteiger partial charge in [0.15, 0.2) is 0 Å². The largest absolute Gasteiger partial charge is 0.489 e. The van der Waals surface area contributed by atoms with Crippen LogP contribution in [-0.4, -0.2) is 6.54 Å². The number of ether oxygens (including phenoxy) is 1. The lowest BCUT2D eigenvalue weighted by atomic mass is 10.1. The van der Waals surface area contributed by atoms with Crippen molar-refractivity contribution in [3.05, 3.63) is 63.6 Å². The number of benzene rings is 2. The van der Waals surface area contributed by atoms with Crippen LogP contribution in [0.15, 0.2) is 42.5 Å². The third-order valence-corrected chi connectivity index (χ3v) is 3.75. The van der Waals surface area contributed by atoms with E-state index in [2.05, 4.69) is 12.1 Å². The van der Waals surface area contributed by atoms with E-state index in [-0.39, 0.29) is 0 Å². The molecule has 0 atom stereocenters. The molecule has 2 nitrogen and oxygen atoms in total. The van der Waals surface area contributed by atoms with Crippen molar-refractivity contribution in [2.75, 3.05) is 6.54 Å². The SMILES string of the molecule is NCCCc1ccc(OCc2c(Cl)cccc2Cl)cc1. The summed E-state index contributed by atoms with van der Waals surface area (Å²) in [7, 11) is 0. The highest BCUT2D eigenvalue weighted by Crippen LogP contribution is 2.26. The third kappa shape index (κ3) is 4.14. The van der Waals surface area contributed by atoms with Crippen molar-refractivity contribution in [3.63, 3.8) is 0 Å². The number of hydrogen-bond donors (Lipinski definition) is 1. The first kappa shape index (κ1) is 15.2. The van der Waals surface area contributed by atoms with Gasteiger partial charge in [-0.25, -0.2) is 0 Å². The zero-order valence-corrected chi connectivity index (χ0v) is 12.6. The fourth-order valence-corrected chi connectivity index (χ4v) is 2.39. The van der Waals surface area contributed by atoms with Crippen LogP contribution in [0.5, 0.6) is 5.75 Å². The van der Waals surface area contributed by atoms with E-state index >= 15 is 0 Å². The minimum absolute atomic E-state index is 0.362. The van der Waals surface area contributed by atoms with Gasteiger partial charge in [-0.2, -0.15) is 0 Å². The van der Waals surface area contributed by atoms with Gasteiger partial charge < -0.3 is 10.5 Å². The highest BCUT2D eigenvalue weighted by atomic mass is 35.5. The van der Waals surface area contributed by atoms with Crippen molar-refractivity contribution in [2.24, 2.45) is 5.73 Å². The average Bonchev–Trinajstić information content (AvgIpc) is 2.46. The minimum Gasteiger partial charge on any atom is -0.489 e. The maximum absolute atomic E-state index is 6.10. The Balaban J connectivity index is 1.97. The number of hydrogen-bond acceptors (Lipinski definition) is 2. The predicted octanol–water partition coefficient (Wildman–Crippen LogP) is 4.46. The van der Waals surface area contributed by atoms with Crippen LogP contribution in [0.2, 0.25) is 10.0 Å². The number of nitrogens with two attached hydrogens (primary N) is 1. The molecule has 4 heteroatoms. The van der Waals surface area contributed by atoms with E-state index in [1.54, 1.807) is 0 Å². The van der Waals surface area contributed by atoms with Gasteiger partial charge in [0, 0.05) is 15.6 Å². The van der Waals surface area contributed by atoms with Crippen molar-refractivity contribution < 1.29 is 4.74 Å². The molecule has 0 amide bonds. The second-order valence-electron chi connectivity index (χ2n) is 4.53. The van der Waals surface area contributed by atoms with Crippen LogP contribution in [0.1, 0.15) is 17.5 Å². The molecule has 20 heavy (non-hydrogen) atoms. The molecule has 0 fully saturated rings. The molecular weight excluding hydrogens is 293 g/mol. The first-order valence-electron chi connectivity index (χ1n) is 6.55. The van der Waals surface area contributed by atoms with E-state index in [0.717, 1.165) is 24.2 Å². The Kier molecular flexibility index (Phi) is 5.72. The Labute approximate surface area is 129 Å². The second kappa shape index (κ2) is 7.53. The van der Waals surface area contributed by atoms with Crippen molar-refractivity contribution in [2.45, 2.75) is 19.4 Å². The second-order valence-corrected chi connectivity index (χ2v) is 5.34. The summed E-state index contributed by atoms with van der Waals surface area (Å²) in [6, 6.07) is 13.5. The minimum atomic E-state index is 0.362. The van der Waals surface area contributed by atoms with Crippen LogP contribution in [-0.2, 0) is 13.0 Å². The van der Waals surface area contributed by atoms with Gasteiger partial charge >= 0.3 is 0 Å². The zero-order valence-electron chi connectivity index (χ0n) is 11.1. The topological polar surface area (TPSA) is 35.2 Å². The third-order valence-electron chi connectivity index (χ3n) is 3.04. The van der Waals surface area contributed by atoms with Crippen LogP contribution >= 0.6 is 23.2 Å². The van der Waals surface area contributed by atoms with E-state index in [1.807, 2.05) is 30.3 Å². The van der Waals surface area contributed by atoms with Crippen LogP contribution in [0.4, 0.5) is 0 Å². The molecule has 0 bridgehead atoms. The Morgan fingerprint density at radius 1 is 0.950 bits per heavy atom. The fraction of sp³-hybridized carbons (Fsp3) is 0.250. The predicted molar refractivity (Wildman–Crippen MR) is 84.6 cm³/mol. The smallest absolute Gasteiger partial charge is 0.119 e. The summed E-state index contributed by atoms with van der Waals surface area (Å²) in [5.74, 6) is 0.803. The standard InChI is InChI=1S/C16H17Cl2NO/c17-15-4-1-5-16(18)14(15)11-20-13-8-6-12(7-9-13)3-2-10-19/h1,4-9H,2-3,10-11,19H2. The molecule has 106 valence electrons. The molecule has 2 rings (SSSR count). The van der Waals surface area contributed by atoms with Crippen LogP contribution in [0.25, 0.3) is 0 Å².